The first kappa shape index (κ1) is 28.4. The van der Waals surface area contributed by atoms with Gasteiger partial charge in [-0.3, -0.25) is 14.4 Å². The van der Waals surface area contributed by atoms with Crippen molar-refractivity contribution in [3.05, 3.63) is 35.9 Å². The molecule has 0 radical (unpaired) electrons. The van der Waals surface area contributed by atoms with Gasteiger partial charge in [-0.1, -0.05) is 30.3 Å². The lowest BCUT2D eigenvalue weighted by molar-refractivity contribution is -0.143. The molecule has 0 aliphatic carbocycles. The van der Waals surface area contributed by atoms with Crippen molar-refractivity contribution in [3.8, 4) is 0 Å². The van der Waals surface area contributed by atoms with Crippen molar-refractivity contribution in [2.75, 3.05) is 18.6 Å². The average Bonchev–Trinajstić information content (AvgIpc) is 2.78. The van der Waals surface area contributed by atoms with Crippen molar-refractivity contribution in [1.82, 2.24) is 16.0 Å². The molecular formula is C21H32N4O7S. The third-order valence-corrected chi connectivity index (χ3v) is 5.38. The molecule has 0 bridgehead atoms. The van der Waals surface area contributed by atoms with Crippen LogP contribution in [0.1, 0.15) is 18.9 Å². The molecular weight excluding hydrogens is 452 g/mol. The number of rotatable bonds is 14. The molecule has 0 fully saturated rings. The highest BCUT2D eigenvalue weighted by Gasteiger charge is 2.32. The molecule has 1 rings (SSSR count). The molecule has 1 aromatic rings. The molecule has 12 heteroatoms. The highest BCUT2D eigenvalue weighted by Crippen LogP contribution is 2.06. The number of carbonyl (C=O) groups is 4. The van der Waals surface area contributed by atoms with Crippen LogP contribution in [0.3, 0.4) is 0 Å². The number of aliphatic hydroxyl groups is 2. The number of hydrogen-bond donors (Lipinski definition) is 7. The normalized spacial score (nSPS) is 15.4. The molecule has 0 aromatic heterocycles. The average molecular weight is 485 g/mol. The van der Waals surface area contributed by atoms with Gasteiger partial charge in [0.1, 0.15) is 24.2 Å². The lowest BCUT2D eigenvalue weighted by Crippen LogP contribution is -2.60. The minimum atomic E-state index is -1.46. The van der Waals surface area contributed by atoms with Crippen LogP contribution in [0.5, 0.6) is 0 Å². The van der Waals surface area contributed by atoms with Gasteiger partial charge in [0.15, 0.2) is 0 Å². The summed E-state index contributed by atoms with van der Waals surface area (Å²) in [6, 6.07) is 3.68. The molecule has 3 amide bonds. The molecule has 1 aromatic carbocycles. The summed E-state index contributed by atoms with van der Waals surface area (Å²) in [7, 11) is 0. The summed E-state index contributed by atoms with van der Waals surface area (Å²) in [6.45, 7) is 0.644. The van der Waals surface area contributed by atoms with Crippen LogP contribution in [-0.2, 0) is 25.6 Å². The molecule has 11 nitrogen and oxygen atoms in total. The Hall–Kier alpha value is -2.67. The number of thioether (sulfide) groups is 1. The van der Waals surface area contributed by atoms with Crippen LogP contribution in [0.4, 0.5) is 0 Å². The number of nitrogens with one attached hydrogen (secondary N) is 3. The minimum absolute atomic E-state index is 0.0518. The fraction of sp³-hybridized carbons (Fsp3) is 0.524. The summed E-state index contributed by atoms with van der Waals surface area (Å²) >= 11 is 1.41. The molecule has 0 spiro atoms. The van der Waals surface area contributed by atoms with Gasteiger partial charge in [0.2, 0.25) is 17.7 Å². The maximum absolute atomic E-state index is 13.0. The molecule has 5 atom stereocenters. The maximum Gasteiger partial charge on any atom is 0.326 e. The van der Waals surface area contributed by atoms with Crippen molar-refractivity contribution < 1.29 is 34.5 Å². The molecule has 184 valence electrons. The van der Waals surface area contributed by atoms with Crippen LogP contribution in [0, 0.1) is 0 Å². The molecule has 0 saturated heterocycles. The van der Waals surface area contributed by atoms with Gasteiger partial charge < -0.3 is 37.0 Å². The van der Waals surface area contributed by atoms with E-state index in [1.165, 1.54) is 18.7 Å². The topological polar surface area (TPSA) is 191 Å². The van der Waals surface area contributed by atoms with Crippen LogP contribution in [-0.4, -0.2) is 87.9 Å². The van der Waals surface area contributed by atoms with E-state index in [2.05, 4.69) is 16.0 Å². The first-order valence-corrected chi connectivity index (χ1v) is 11.7. The molecule has 0 heterocycles. The van der Waals surface area contributed by atoms with Crippen LogP contribution >= 0.6 is 11.8 Å². The second kappa shape index (κ2) is 14.5. The summed E-state index contributed by atoms with van der Waals surface area (Å²) in [5.41, 5.74) is 6.23. The summed E-state index contributed by atoms with van der Waals surface area (Å²) in [5.74, 6) is -3.17. The number of aliphatic carboxylic acids is 1. The highest BCUT2D eigenvalue weighted by molar-refractivity contribution is 7.98. The van der Waals surface area contributed by atoms with Crippen molar-refractivity contribution in [2.24, 2.45) is 5.73 Å². The van der Waals surface area contributed by atoms with Crippen LogP contribution in [0.2, 0.25) is 0 Å². The third-order valence-electron chi connectivity index (χ3n) is 4.74. The van der Waals surface area contributed by atoms with Crippen LogP contribution in [0.15, 0.2) is 30.3 Å². The number of carboxylic acid groups (broad SMARTS) is 1. The number of amides is 3. The Morgan fingerprint density at radius 3 is 2.12 bits per heavy atom. The molecule has 0 aliphatic heterocycles. The second-order valence-electron chi connectivity index (χ2n) is 7.45. The van der Waals surface area contributed by atoms with Gasteiger partial charge in [-0.15, -0.1) is 0 Å². The highest BCUT2D eigenvalue weighted by atomic mass is 32.2. The van der Waals surface area contributed by atoms with E-state index in [9.17, 15) is 29.4 Å². The standard InChI is InChI=1S/C21H32N4O7S/c1-12(27)17(20(30)23-15(21(31)32)8-9-33-2)25-19(29)16(24-18(28)14(22)11-26)10-13-6-4-3-5-7-13/h3-7,12,14-17,26-27H,8-11,22H2,1-2H3,(H,23,30)(H,24,28)(H,25,29)(H,31,32). The summed E-state index contributed by atoms with van der Waals surface area (Å²) in [5, 5.41) is 35.7. The van der Waals surface area contributed by atoms with Crippen molar-refractivity contribution in [2.45, 2.75) is 50.0 Å². The van der Waals surface area contributed by atoms with Gasteiger partial charge >= 0.3 is 5.97 Å². The van der Waals surface area contributed by atoms with Crippen molar-refractivity contribution >= 4 is 35.5 Å². The number of carboxylic acids is 1. The Kier molecular flexibility index (Phi) is 12.4. The summed E-state index contributed by atoms with van der Waals surface area (Å²) in [6.07, 6.45) is 0.658. The number of aliphatic hydroxyl groups excluding tert-OH is 2. The van der Waals surface area contributed by atoms with Crippen molar-refractivity contribution in [3.63, 3.8) is 0 Å². The number of hydrogen-bond acceptors (Lipinski definition) is 8. The zero-order valence-corrected chi connectivity index (χ0v) is 19.4. The van der Waals surface area contributed by atoms with Gasteiger partial charge in [0, 0.05) is 6.42 Å². The van der Waals surface area contributed by atoms with E-state index >= 15 is 0 Å². The molecule has 8 N–H and O–H groups in total. The fourth-order valence-electron chi connectivity index (χ4n) is 2.83. The monoisotopic (exact) mass is 484 g/mol. The Morgan fingerprint density at radius 1 is 1.00 bits per heavy atom. The first-order valence-electron chi connectivity index (χ1n) is 10.3. The zero-order chi connectivity index (χ0) is 25.0. The molecule has 0 aliphatic rings. The fourth-order valence-corrected chi connectivity index (χ4v) is 3.31. The maximum atomic E-state index is 13.0. The van der Waals surface area contributed by atoms with E-state index in [0.29, 0.717) is 11.3 Å². The summed E-state index contributed by atoms with van der Waals surface area (Å²) in [4.78, 5) is 49.2. The third kappa shape index (κ3) is 9.78. The Morgan fingerprint density at radius 2 is 1.61 bits per heavy atom. The van der Waals surface area contributed by atoms with E-state index in [1.54, 1.807) is 36.6 Å². The first-order chi connectivity index (χ1) is 15.6. The predicted octanol–water partition coefficient (Wildman–Crippen LogP) is -1.78. The van der Waals surface area contributed by atoms with Gasteiger partial charge in [-0.2, -0.15) is 11.8 Å². The predicted molar refractivity (Wildman–Crippen MR) is 123 cm³/mol. The summed E-state index contributed by atoms with van der Waals surface area (Å²) < 4.78 is 0. The minimum Gasteiger partial charge on any atom is -0.480 e. The Balaban J connectivity index is 3.01. The number of nitrogens with two attached hydrogens (primary N) is 1. The molecule has 0 saturated carbocycles. The van der Waals surface area contributed by atoms with Gasteiger partial charge in [0.25, 0.3) is 0 Å². The Labute approximate surface area is 196 Å². The van der Waals surface area contributed by atoms with E-state index in [1.807, 2.05) is 0 Å². The van der Waals surface area contributed by atoms with E-state index < -0.39 is 60.6 Å². The van der Waals surface area contributed by atoms with E-state index in [4.69, 9.17) is 10.8 Å². The zero-order valence-electron chi connectivity index (χ0n) is 18.6. The van der Waals surface area contributed by atoms with Gasteiger partial charge in [-0.05, 0) is 30.9 Å². The lowest BCUT2D eigenvalue weighted by atomic mass is 10.0. The van der Waals surface area contributed by atoms with Gasteiger partial charge in [-0.25, -0.2) is 4.79 Å². The number of carbonyl (C=O) groups excluding carboxylic acids is 3. The Bertz CT molecular complexity index is 794. The van der Waals surface area contributed by atoms with Crippen LogP contribution < -0.4 is 21.7 Å². The second-order valence-corrected chi connectivity index (χ2v) is 8.43. The van der Waals surface area contributed by atoms with E-state index in [-0.39, 0.29) is 12.8 Å². The largest absolute Gasteiger partial charge is 0.480 e. The van der Waals surface area contributed by atoms with Crippen LogP contribution in [0.25, 0.3) is 0 Å². The SMILES string of the molecule is CSCCC(NC(=O)C(NC(=O)C(Cc1ccccc1)NC(=O)C(N)CO)C(C)O)C(=O)O. The van der Waals surface area contributed by atoms with E-state index in [0.717, 1.165) is 0 Å². The van der Waals surface area contributed by atoms with Gasteiger partial charge in [0.05, 0.1) is 12.7 Å². The molecule has 33 heavy (non-hydrogen) atoms. The lowest BCUT2D eigenvalue weighted by Gasteiger charge is -2.26. The number of benzene rings is 1. The van der Waals surface area contributed by atoms with Crippen molar-refractivity contribution in [1.29, 1.82) is 0 Å². The smallest absolute Gasteiger partial charge is 0.326 e. The quantitative estimate of drug-likeness (QED) is 0.160. The molecule has 5 unspecified atom stereocenters.